The van der Waals surface area contributed by atoms with Crippen molar-refractivity contribution in [2.75, 3.05) is 13.2 Å². The van der Waals surface area contributed by atoms with Crippen LogP contribution in [-0.4, -0.2) is 61.0 Å². The summed E-state index contributed by atoms with van der Waals surface area (Å²) in [5.74, 6) is -3.91. The normalized spacial score (nSPS) is 10.6. The summed E-state index contributed by atoms with van der Waals surface area (Å²) in [6, 6.07) is 12.0. The second kappa shape index (κ2) is 61.5. The SMILES string of the molecule is CCCCC/C=C/CCCCCCCCCCOC(=O)c1ccccc1C(=O)[O-].CCCCC/C=C/CCCCCCCCCCOC(=O)c1ccccc1C(=O)[O-].[CH2]CCCCCCC.[CH2]CCCCCCC.[Sn+2]. The summed E-state index contributed by atoms with van der Waals surface area (Å²) in [5.41, 5.74) is -0.124. The van der Waals surface area contributed by atoms with Gasteiger partial charge in [-0.25, -0.2) is 9.59 Å². The largest absolute Gasteiger partial charge is 2.00 e. The van der Waals surface area contributed by atoms with E-state index in [0.717, 1.165) is 51.4 Å². The van der Waals surface area contributed by atoms with E-state index in [1.54, 1.807) is 24.3 Å². The van der Waals surface area contributed by atoms with Gasteiger partial charge in [-0.1, -0.05) is 282 Å². The van der Waals surface area contributed by atoms with Crippen LogP contribution in [0.3, 0.4) is 0 Å². The van der Waals surface area contributed by atoms with Crippen LogP contribution in [0.4, 0.5) is 0 Å². The Hall–Kier alpha value is -3.40. The average molecular weight is 1150 g/mol. The number of hydrogen-bond donors (Lipinski definition) is 0. The molecule has 0 amide bonds. The first kappa shape index (κ1) is 75.8. The van der Waals surface area contributed by atoms with Gasteiger partial charge in [-0.2, -0.15) is 0 Å². The van der Waals surface area contributed by atoms with Gasteiger partial charge in [-0.05, 0) is 76.3 Å². The van der Waals surface area contributed by atoms with Crippen LogP contribution in [0.25, 0.3) is 0 Å². The second-order valence-electron chi connectivity index (χ2n) is 19.6. The zero-order chi connectivity index (χ0) is 54.8. The molecule has 2 rings (SSSR count). The molecular weight excluding hydrogens is 1040 g/mol. The Balaban J connectivity index is -0.00000106. The van der Waals surface area contributed by atoms with Crippen LogP contribution < -0.4 is 10.2 Å². The van der Waals surface area contributed by atoms with Gasteiger partial charge in [0.25, 0.3) is 0 Å². The van der Waals surface area contributed by atoms with E-state index < -0.39 is 23.9 Å². The monoisotopic (exact) mass is 1150 g/mol. The Morgan fingerprint density at radius 1 is 0.360 bits per heavy atom. The number of aromatic carboxylic acids is 2. The van der Waals surface area contributed by atoms with Gasteiger partial charge >= 0.3 is 35.8 Å². The maximum atomic E-state index is 12.0. The first-order valence-corrected chi connectivity index (χ1v) is 30.0. The van der Waals surface area contributed by atoms with Gasteiger partial charge in [-0.3, -0.25) is 0 Å². The summed E-state index contributed by atoms with van der Waals surface area (Å²) >= 11 is 0. The Morgan fingerprint density at radius 3 is 0.867 bits per heavy atom. The molecule has 0 aromatic heterocycles. The van der Waals surface area contributed by atoms with Crippen LogP contribution in [-0.2, 0) is 9.47 Å². The number of allylic oxidation sites excluding steroid dienone is 4. The fourth-order valence-corrected chi connectivity index (χ4v) is 8.07. The smallest absolute Gasteiger partial charge is 0.545 e. The van der Waals surface area contributed by atoms with E-state index in [1.165, 1.54) is 217 Å². The van der Waals surface area contributed by atoms with Crippen LogP contribution in [0.1, 0.15) is 313 Å². The Morgan fingerprint density at radius 2 is 0.587 bits per heavy atom. The number of carboxylic acids is 2. The maximum absolute atomic E-state index is 12.0. The fraction of sp³-hybridized carbons (Fsp3) is 0.667. The first-order valence-electron chi connectivity index (χ1n) is 30.0. The molecule has 0 aliphatic heterocycles. The molecule has 424 valence electrons. The van der Waals surface area contributed by atoms with Crippen molar-refractivity contribution in [3.05, 3.63) is 109 Å². The molecule has 75 heavy (non-hydrogen) atoms. The van der Waals surface area contributed by atoms with E-state index in [-0.39, 0.29) is 46.2 Å². The zero-order valence-electron chi connectivity index (χ0n) is 48.4. The third-order valence-electron chi connectivity index (χ3n) is 12.7. The summed E-state index contributed by atoms with van der Waals surface area (Å²) in [4.78, 5) is 46.1. The third-order valence-corrected chi connectivity index (χ3v) is 12.7. The zero-order valence-corrected chi connectivity index (χ0v) is 51.2. The number of unbranched alkanes of at least 4 members (excludes halogenated alkanes) is 32. The minimum atomic E-state index is -1.36. The van der Waals surface area contributed by atoms with Gasteiger partial charge < -0.3 is 29.3 Å². The van der Waals surface area contributed by atoms with Crippen LogP contribution in [0.2, 0.25) is 0 Å². The summed E-state index contributed by atoms with van der Waals surface area (Å²) in [6.07, 6.45) is 56.7. The molecule has 4 radical (unpaired) electrons. The predicted octanol–water partition coefficient (Wildman–Crippen LogP) is 17.7. The van der Waals surface area contributed by atoms with Crippen molar-refractivity contribution in [2.45, 2.75) is 272 Å². The molecule has 2 aromatic carbocycles. The summed E-state index contributed by atoms with van der Waals surface area (Å²) in [5, 5.41) is 22.1. The Kier molecular flexibility index (Phi) is 62.1. The number of rotatable bonds is 44. The molecule has 0 aliphatic carbocycles. The molecule has 0 heterocycles. The number of carbonyl (C=O) groups is 4. The minimum absolute atomic E-state index is 0. The van der Waals surface area contributed by atoms with E-state index >= 15 is 0 Å². The topological polar surface area (TPSA) is 133 Å². The standard InChI is InChI=1S/2C25H38O4.2C8H17.Sn/c2*1-2-3-4-5-6-7-8-9-10-11-12-13-14-15-18-21-29-25(28)23-20-17-16-19-22(23)24(26)27;2*1-3-5-7-8-6-4-2;/h2*6-7,16-17,19-20H,2-5,8-15,18,21H2,1H3,(H,26,27);2*1,3-8H2,2H3;/q;;;;+2/p-2/b2*7-6+;;;. The number of ether oxygens (including phenoxy) is 2. The maximum Gasteiger partial charge on any atom is 2.00 e. The van der Waals surface area contributed by atoms with Crippen LogP contribution in [0, 0.1) is 13.8 Å². The van der Waals surface area contributed by atoms with Crippen molar-refractivity contribution in [3.63, 3.8) is 0 Å². The quantitative estimate of drug-likeness (QED) is 0.0277. The third kappa shape index (κ3) is 51.1. The van der Waals surface area contributed by atoms with Crippen molar-refractivity contribution >= 4 is 47.8 Å². The van der Waals surface area contributed by atoms with E-state index in [4.69, 9.17) is 9.47 Å². The van der Waals surface area contributed by atoms with Crippen LogP contribution >= 0.6 is 0 Å². The van der Waals surface area contributed by atoms with Crippen molar-refractivity contribution in [1.29, 1.82) is 0 Å². The first-order chi connectivity index (χ1) is 36.2. The molecular formula is C66H108O8Sn. The van der Waals surface area contributed by atoms with Gasteiger partial charge in [0.2, 0.25) is 0 Å². The molecule has 0 spiro atoms. The van der Waals surface area contributed by atoms with Gasteiger partial charge in [0.05, 0.1) is 36.3 Å². The fourth-order valence-electron chi connectivity index (χ4n) is 8.07. The Bertz CT molecular complexity index is 1510. The molecule has 0 fully saturated rings. The molecule has 2 aromatic rings. The summed E-state index contributed by atoms with van der Waals surface area (Å²) < 4.78 is 10.4. The average Bonchev–Trinajstić information content (AvgIpc) is 3.41. The molecule has 0 saturated heterocycles. The van der Waals surface area contributed by atoms with E-state index in [0.29, 0.717) is 13.2 Å². The Labute approximate surface area is 477 Å². The van der Waals surface area contributed by atoms with Crippen molar-refractivity contribution in [1.82, 2.24) is 0 Å². The molecule has 0 aliphatic rings. The van der Waals surface area contributed by atoms with Crippen molar-refractivity contribution in [3.8, 4) is 0 Å². The number of carboxylic acid groups (broad SMARTS) is 2. The molecule has 9 heteroatoms. The molecule has 0 unspecified atom stereocenters. The van der Waals surface area contributed by atoms with Crippen molar-refractivity contribution < 1.29 is 38.9 Å². The van der Waals surface area contributed by atoms with Gasteiger partial charge in [0.15, 0.2) is 0 Å². The van der Waals surface area contributed by atoms with Crippen LogP contribution in [0.15, 0.2) is 72.8 Å². The number of benzene rings is 2. The van der Waals surface area contributed by atoms with Crippen LogP contribution in [0.5, 0.6) is 0 Å². The van der Waals surface area contributed by atoms with E-state index in [2.05, 4.69) is 65.8 Å². The molecule has 0 N–H and O–H groups in total. The van der Waals surface area contributed by atoms with E-state index in [9.17, 15) is 29.4 Å². The van der Waals surface area contributed by atoms with Gasteiger partial charge in [-0.15, -0.1) is 0 Å². The number of hydrogen-bond acceptors (Lipinski definition) is 8. The molecule has 0 saturated carbocycles. The number of carbonyl (C=O) groups excluding carboxylic acids is 4. The van der Waals surface area contributed by atoms with Gasteiger partial charge in [0, 0.05) is 11.1 Å². The molecule has 0 bridgehead atoms. The second-order valence-corrected chi connectivity index (χ2v) is 19.6. The van der Waals surface area contributed by atoms with E-state index in [1.807, 2.05) is 0 Å². The minimum Gasteiger partial charge on any atom is -0.545 e. The van der Waals surface area contributed by atoms with Crippen molar-refractivity contribution in [2.24, 2.45) is 0 Å². The van der Waals surface area contributed by atoms with Gasteiger partial charge in [0.1, 0.15) is 0 Å². The predicted molar refractivity (Wildman–Crippen MR) is 315 cm³/mol. The number of esters is 2. The summed E-state index contributed by atoms with van der Waals surface area (Å²) in [6.45, 7) is 17.2. The molecule has 8 nitrogen and oxygen atoms in total. The molecule has 0 atom stereocenters. The summed E-state index contributed by atoms with van der Waals surface area (Å²) in [7, 11) is 0.